The Kier molecular flexibility index (Phi) is 3.69. The zero-order valence-electron chi connectivity index (χ0n) is 11.7. The Morgan fingerprint density at radius 3 is 3.00 bits per heavy atom. The molecule has 20 heavy (non-hydrogen) atoms. The highest BCUT2D eigenvalue weighted by Crippen LogP contribution is 2.37. The predicted octanol–water partition coefficient (Wildman–Crippen LogP) is 2.26. The molecule has 1 aliphatic carbocycles. The summed E-state index contributed by atoms with van der Waals surface area (Å²) in [5.74, 6) is 0.989. The monoisotopic (exact) mass is 293 g/mol. The van der Waals surface area contributed by atoms with E-state index < -0.39 is 0 Å². The van der Waals surface area contributed by atoms with Crippen LogP contribution in [0.5, 0.6) is 5.88 Å². The van der Waals surface area contributed by atoms with Crippen molar-refractivity contribution in [2.24, 2.45) is 0 Å². The second kappa shape index (κ2) is 5.47. The van der Waals surface area contributed by atoms with E-state index in [0.717, 1.165) is 18.5 Å². The summed E-state index contributed by atoms with van der Waals surface area (Å²) in [7, 11) is 1.58. The van der Waals surface area contributed by atoms with Gasteiger partial charge in [-0.3, -0.25) is 4.57 Å². The number of nitrogens with two attached hydrogens (primary N) is 1. The first-order chi connectivity index (χ1) is 9.74. The molecule has 6 nitrogen and oxygen atoms in total. The zero-order valence-corrected chi connectivity index (χ0v) is 12.6. The maximum Gasteiger partial charge on any atom is 0.245 e. The van der Waals surface area contributed by atoms with Crippen molar-refractivity contribution in [3.63, 3.8) is 0 Å². The largest absolute Gasteiger partial charge is 0.479 e. The van der Waals surface area contributed by atoms with Crippen LogP contribution in [0.15, 0.2) is 6.33 Å². The van der Waals surface area contributed by atoms with E-state index >= 15 is 0 Å². The van der Waals surface area contributed by atoms with Gasteiger partial charge in [0.05, 0.1) is 7.11 Å². The number of hydrogen-bond acceptors (Lipinski definition) is 6. The molecule has 0 amide bonds. The molecule has 2 aromatic heterocycles. The fourth-order valence-corrected chi connectivity index (χ4v) is 3.80. The van der Waals surface area contributed by atoms with Gasteiger partial charge in [-0.1, -0.05) is 6.42 Å². The zero-order chi connectivity index (χ0) is 14.1. The van der Waals surface area contributed by atoms with Crippen molar-refractivity contribution < 1.29 is 4.74 Å². The van der Waals surface area contributed by atoms with Crippen LogP contribution in [0.4, 0.5) is 5.95 Å². The Morgan fingerprint density at radius 1 is 1.40 bits per heavy atom. The van der Waals surface area contributed by atoms with Crippen molar-refractivity contribution >= 4 is 28.9 Å². The van der Waals surface area contributed by atoms with Gasteiger partial charge >= 0.3 is 0 Å². The summed E-state index contributed by atoms with van der Waals surface area (Å²) in [4.78, 5) is 12.8. The number of anilines is 1. The molecule has 0 spiro atoms. The Labute approximate surface area is 122 Å². The SMILES string of the molecule is COc1ncnc2c1nc(N)n2C1CCCC(SC)C1. The number of imidazole rings is 1. The molecule has 0 bridgehead atoms. The van der Waals surface area contributed by atoms with E-state index in [1.165, 1.54) is 19.2 Å². The van der Waals surface area contributed by atoms with Gasteiger partial charge in [-0.25, -0.2) is 9.97 Å². The molecule has 0 aromatic carbocycles. The molecule has 108 valence electrons. The molecule has 2 atom stereocenters. The third kappa shape index (κ3) is 2.19. The van der Waals surface area contributed by atoms with Crippen LogP contribution in [0.3, 0.4) is 0 Å². The van der Waals surface area contributed by atoms with E-state index in [2.05, 4.69) is 25.8 Å². The molecule has 1 fully saturated rings. The predicted molar refractivity (Wildman–Crippen MR) is 81.1 cm³/mol. The van der Waals surface area contributed by atoms with Gasteiger partial charge in [0.15, 0.2) is 11.2 Å². The number of methoxy groups -OCH3 is 1. The highest BCUT2D eigenvalue weighted by molar-refractivity contribution is 7.99. The second-order valence-electron chi connectivity index (χ2n) is 5.07. The topological polar surface area (TPSA) is 78.8 Å². The minimum absolute atomic E-state index is 0.366. The molecular formula is C13H19N5OS. The average Bonchev–Trinajstić information content (AvgIpc) is 2.83. The van der Waals surface area contributed by atoms with E-state index in [-0.39, 0.29) is 0 Å². The van der Waals surface area contributed by atoms with E-state index in [0.29, 0.717) is 28.6 Å². The van der Waals surface area contributed by atoms with Crippen LogP contribution in [0, 0.1) is 0 Å². The average molecular weight is 293 g/mol. The van der Waals surface area contributed by atoms with Crippen LogP contribution in [0.2, 0.25) is 0 Å². The standard InChI is InChI=1S/C13H19N5OS/c1-19-12-10-11(15-7-16-12)18(13(14)17-10)8-4-3-5-9(6-8)20-2/h7-9H,3-6H2,1-2H3,(H2,14,17). The quantitative estimate of drug-likeness (QED) is 0.935. The summed E-state index contributed by atoms with van der Waals surface area (Å²) in [5, 5.41) is 0.689. The van der Waals surface area contributed by atoms with E-state index in [9.17, 15) is 0 Å². The van der Waals surface area contributed by atoms with E-state index in [4.69, 9.17) is 10.5 Å². The summed E-state index contributed by atoms with van der Waals surface area (Å²) >= 11 is 1.93. The lowest BCUT2D eigenvalue weighted by atomic mass is 9.95. The van der Waals surface area contributed by atoms with Crippen LogP contribution in [0.25, 0.3) is 11.2 Å². The molecule has 1 saturated carbocycles. The molecule has 2 N–H and O–H groups in total. The van der Waals surface area contributed by atoms with Crippen molar-refractivity contribution in [2.45, 2.75) is 37.0 Å². The summed E-state index contributed by atoms with van der Waals surface area (Å²) in [6.07, 6.45) is 8.42. The van der Waals surface area contributed by atoms with Crippen LogP contribution in [0.1, 0.15) is 31.7 Å². The normalized spacial score (nSPS) is 23.1. The summed E-state index contributed by atoms with van der Waals surface area (Å²) in [6.45, 7) is 0. The Balaban J connectivity index is 2.05. The van der Waals surface area contributed by atoms with Gasteiger partial charge in [0.25, 0.3) is 0 Å². The van der Waals surface area contributed by atoms with Gasteiger partial charge < -0.3 is 10.5 Å². The fraction of sp³-hybridized carbons (Fsp3) is 0.615. The van der Waals surface area contributed by atoms with E-state index in [1.54, 1.807) is 7.11 Å². The first-order valence-electron chi connectivity index (χ1n) is 6.79. The van der Waals surface area contributed by atoms with Crippen molar-refractivity contribution in [1.82, 2.24) is 19.5 Å². The van der Waals surface area contributed by atoms with Gasteiger partial charge in [0.1, 0.15) is 6.33 Å². The third-order valence-electron chi connectivity index (χ3n) is 3.96. The molecule has 3 rings (SSSR count). The third-order valence-corrected chi connectivity index (χ3v) is 5.06. The van der Waals surface area contributed by atoms with Crippen LogP contribution >= 0.6 is 11.8 Å². The lowest BCUT2D eigenvalue weighted by molar-refractivity contribution is 0.369. The molecular weight excluding hydrogens is 274 g/mol. The summed E-state index contributed by atoms with van der Waals surface area (Å²) < 4.78 is 7.30. The Hall–Kier alpha value is -1.50. The number of thioether (sulfide) groups is 1. The molecule has 1 aliphatic rings. The Bertz CT molecular complexity index is 614. The molecule has 2 unspecified atom stereocenters. The summed E-state index contributed by atoms with van der Waals surface area (Å²) in [6, 6.07) is 0.366. The number of ether oxygens (including phenoxy) is 1. The lowest BCUT2D eigenvalue weighted by Gasteiger charge is -2.29. The van der Waals surface area contributed by atoms with Crippen molar-refractivity contribution in [3.8, 4) is 5.88 Å². The molecule has 0 aliphatic heterocycles. The molecule has 0 saturated heterocycles. The smallest absolute Gasteiger partial charge is 0.245 e. The highest BCUT2D eigenvalue weighted by Gasteiger charge is 2.27. The van der Waals surface area contributed by atoms with Gasteiger partial charge in [0.2, 0.25) is 11.8 Å². The fourth-order valence-electron chi connectivity index (χ4n) is 2.98. The number of nitrogens with zero attached hydrogens (tertiary/aromatic N) is 4. The number of fused-ring (bicyclic) bond motifs is 1. The first-order valence-corrected chi connectivity index (χ1v) is 8.08. The number of hydrogen-bond donors (Lipinski definition) is 1. The maximum absolute atomic E-state index is 6.12. The van der Waals surface area contributed by atoms with Crippen molar-refractivity contribution in [1.29, 1.82) is 0 Å². The second-order valence-corrected chi connectivity index (χ2v) is 6.21. The van der Waals surface area contributed by atoms with Gasteiger partial charge in [-0.15, -0.1) is 0 Å². The molecule has 2 heterocycles. The highest BCUT2D eigenvalue weighted by atomic mass is 32.2. The number of aromatic nitrogens is 4. The first kappa shape index (κ1) is 13.5. The van der Waals surface area contributed by atoms with E-state index in [1.807, 2.05) is 11.8 Å². The molecule has 7 heteroatoms. The number of rotatable bonds is 3. The van der Waals surface area contributed by atoms with Crippen molar-refractivity contribution in [2.75, 3.05) is 19.1 Å². The minimum Gasteiger partial charge on any atom is -0.479 e. The van der Waals surface area contributed by atoms with Gasteiger partial charge in [0, 0.05) is 11.3 Å². The van der Waals surface area contributed by atoms with Crippen LogP contribution < -0.4 is 10.5 Å². The van der Waals surface area contributed by atoms with Gasteiger partial charge in [-0.05, 0) is 25.5 Å². The minimum atomic E-state index is 0.366. The maximum atomic E-state index is 6.12. The van der Waals surface area contributed by atoms with Crippen LogP contribution in [-0.4, -0.2) is 38.1 Å². The lowest BCUT2D eigenvalue weighted by Crippen LogP contribution is -2.22. The van der Waals surface area contributed by atoms with Gasteiger partial charge in [-0.2, -0.15) is 16.7 Å². The molecule has 2 aromatic rings. The number of nitrogen functional groups attached to an aromatic ring is 1. The Morgan fingerprint density at radius 2 is 2.25 bits per heavy atom. The van der Waals surface area contributed by atoms with Crippen molar-refractivity contribution in [3.05, 3.63) is 6.33 Å². The van der Waals surface area contributed by atoms with Crippen LogP contribution in [-0.2, 0) is 0 Å². The molecule has 0 radical (unpaired) electrons. The summed E-state index contributed by atoms with van der Waals surface area (Å²) in [5.41, 5.74) is 7.55.